The first-order valence-electron chi connectivity index (χ1n) is 10.0. The van der Waals surface area contributed by atoms with Crippen molar-refractivity contribution < 1.29 is 24.2 Å². The van der Waals surface area contributed by atoms with Crippen LogP contribution in [0.4, 0.5) is 4.79 Å². The van der Waals surface area contributed by atoms with Crippen molar-refractivity contribution in [2.75, 3.05) is 26.2 Å². The Morgan fingerprint density at radius 1 is 1.07 bits per heavy atom. The molecule has 0 aliphatic heterocycles. The summed E-state index contributed by atoms with van der Waals surface area (Å²) in [7, 11) is 0. The minimum Gasteiger partial charge on any atom is -0.480 e. The summed E-state index contributed by atoms with van der Waals surface area (Å²) in [5, 5.41) is 11.5. The highest BCUT2D eigenvalue weighted by molar-refractivity contribution is 5.83. The Morgan fingerprint density at radius 3 is 2.17 bits per heavy atom. The molecule has 7 nitrogen and oxygen atoms in total. The lowest BCUT2D eigenvalue weighted by molar-refractivity contribution is -0.145. The van der Waals surface area contributed by atoms with E-state index >= 15 is 0 Å². The van der Waals surface area contributed by atoms with Gasteiger partial charge in [-0.2, -0.15) is 0 Å². The van der Waals surface area contributed by atoms with Gasteiger partial charge in [-0.3, -0.25) is 9.59 Å². The number of amides is 2. The standard InChI is InChI=1S/C23H26N2O5/c1-3-25(13-21(26)27)22(28)15(2)12-24-23(29)30-14-20-18-10-6-4-8-16(18)17-9-5-7-11-19(17)20/h4-11,15,20H,3,12-14H2,1-2H3,(H,24,29)(H,26,27). The van der Waals surface area contributed by atoms with Gasteiger partial charge in [0.2, 0.25) is 5.91 Å². The number of nitrogens with zero attached hydrogens (tertiary/aromatic N) is 1. The van der Waals surface area contributed by atoms with E-state index in [4.69, 9.17) is 9.84 Å². The van der Waals surface area contributed by atoms with E-state index in [9.17, 15) is 14.4 Å². The van der Waals surface area contributed by atoms with Gasteiger partial charge >= 0.3 is 12.1 Å². The Kier molecular flexibility index (Phi) is 6.72. The molecule has 1 aliphatic carbocycles. The largest absolute Gasteiger partial charge is 0.480 e. The maximum Gasteiger partial charge on any atom is 0.407 e. The highest BCUT2D eigenvalue weighted by Crippen LogP contribution is 2.44. The zero-order valence-corrected chi connectivity index (χ0v) is 17.1. The summed E-state index contributed by atoms with van der Waals surface area (Å²) in [6, 6.07) is 16.2. The first-order valence-corrected chi connectivity index (χ1v) is 10.0. The van der Waals surface area contributed by atoms with E-state index in [0.717, 1.165) is 22.3 Å². The Bertz CT molecular complexity index is 897. The summed E-state index contributed by atoms with van der Waals surface area (Å²) in [4.78, 5) is 36.7. The third-order valence-electron chi connectivity index (χ3n) is 5.34. The molecule has 1 atom stereocenters. The van der Waals surface area contributed by atoms with E-state index in [2.05, 4.69) is 17.4 Å². The zero-order valence-electron chi connectivity index (χ0n) is 17.1. The van der Waals surface area contributed by atoms with Crippen LogP contribution in [0.15, 0.2) is 48.5 Å². The fraction of sp³-hybridized carbons (Fsp3) is 0.348. The normalized spacial score (nSPS) is 13.1. The van der Waals surface area contributed by atoms with Crippen LogP contribution in [0.25, 0.3) is 11.1 Å². The molecule has 1 aliphatic rings. The summed E-state index contributed by atoms with van der Waals surface area (Å²) in [5.41, 5.74) is 4.56. The molecule has 2 aromatic rings. The number of carboxylic acid groups (broad SMARTS) is 1. The number of carboxylic acids is 1. The molecule has 2 amide bonds. The Labute approximate surface area is 175 Å². The summed E-state index contributed by atoms with van der Waals surface area (Å²) < 4.78 is 5.45. The van der Waals surface area contributed by atoms with E-state index in [1.54, 1.807) is 13.8 Å². The second-order valence-electron chi connectivity index (χ2n) is 7.35. The zero-order chi connectivity index (χ0) is 21.7. The molecule has 0 radical (unpaired) electrons. The monoisotopic (exact) mass is 410 g/mol. The molecule has 0 aromatic heterocycles. The Balaban J connectivity index is 1.55. The molecular formula is C23H26N2O5. The molecule has 0 spiro atoms. The first kappa shape index (κ1) is 21.4. The van der Waals surface area contributed by atoms with Crippen molar-refractivity contribution in [3.05, 3.63) is 59.7 Å². The Hall–Kier alpha value is -3.35. The molecule has 0 saturated heterocycles. The van der Waals surface area contributed by atoms with Gasteiger partial charge in [0.05, 0.1) is 5.92 Å². The number of hydrogen-bond donors (Lipinski definition) is 2. The minimum atomic E-state index is -1.07. The second-order valence-corrected chi connectivity index (χ2v) is 7.35. The molecule has 0 fully saturated rings. The van der Waals surface area contributed by atoms with Gasteiger partial charge in [-0.25, -0.2) is 4.79 Å². The second kappa shape index (κ2) is 9.43. The number of rotatable bonds is 8. The third kappa shape index (κ3) is 4.62. The van der Waals surface area contributed by atoms with Crippen LogP contribution in [0.5, 0.6) is 0 Å². The van der Waals surface area contributed by atoms with Crippen molar-refractivity contribution in [1.29, 1.82) is 0 Å². The van der Waals surface area contributed by atoms with Gasteiger partial charge in [0.25, 0.3) is 0 Å². The van der Waals surface area contributed by atoms with E-state index in [0.29, 0.717) is 6.54 Å². The maximum atomic E-state index is 12.3. The number of aliphatic carboxylic acids is 1. The molecule has 0 saturated carbocycles. The molecule has 0 heterocycles. The van der Waals surface area contributed by atoms with Crippen LogP contribution >= 0.6 is 0 Å². The van der Waals surface area contributed by atoms with Crippen molar-refractivity contribution in [2.24, 2.45) is 5.92 Å². The number of carbonyl (C=O) groups excluding carboxylic acids is 2. The number of likely N-dealkylation sites (N-methyl/N-ethyl adjacent to an activating group) is 1. The smallest absolute Gasteiger partial charge is 0.407 e. The molecule has 3 rings (SSSR count). The highest BCUT2D eigenvalue weighted by Gasteiger charge is 2.29. The van der Waals surface area contributed by atoms with Crippen molar-refractivity contribution in [2.45, 2.75) is 19.8 Å². The van der Waals surface area contributed by atoms with Gasteiger partial charge in [0.1, 0.15) is 13.2 Å². The van der Waals surface area contributed by atoms with Crippen molar-refractivity contribution >= 4 is 18.0 Å². The minimum absolute atomic E-state index is 0.0339. The molecule has 1 unspecified atom stereocenters. The van der Waals surface area contributed by atoms with Crippen molar-refractivity contribution in [1.82, 2.24) is 10.2 Å². The summed E-state index contributed by atoms with van der Waals surface area (Å²) >= 11 is 0. The number of benzene rings is 2. The van der Waals surface area contributed by atoms with Gasteiger partial charge in [0.15, 0.2) is 0 Å². The van der Waals surface area contributed by atoms with Crippen LogP contribution in [0.3, 0.4) is 0 Å². The molecule has 0 bridgehead atoms. The molecule has 7 heteroatoms. The summed E-state index contributed by atoms with van der Waals surface area (Å²) in [6.45, 7) is 3.57. The number of hydrogen-bond acceptors (Lipinski definition) is 4. The third-order valence-corrected chi connectivity index (χ3v) is 5.34. The van der Waals surface area contributed by atoms with Crippen LogP contribution in [-0.2, 0) is 14.3 Å². The van der Waals surface area contributed by atoms with Crippen LogP contribution in [0.2, 0.25) is 0 Å². The maximum absolute atomic E-state index is 12.3. The predicted octanol–water partition coefficient (Wildman–Crippen LogP) is 3.09. The topological polar surface area (TPSA) is 95.9 Å². The van der Waals surface area contributed by atoms with E-state index in [1.807, 2.05) is 36.4 Å². The SMILES string of the molecule is CCN(CC(=O)O)C(=O)C(C)CNC(=O)OCC1c2ccccc2-c2ccccc21. The lowest BCUT2D eigenvalue weighted by Crippen LogP contribution is -2.42. The summed E-state index contributed by atoms with van der Waals surface area (Å²) in [5.74, 6) is -1.97. The van der Waals surface area contributed by atoms with Gasteiger partial charge < -0.3 is 20.1 Å². The molecule has 158 valence electrons. The summed E-state index contributed by atoms with van der Waals surface area (Å²) in [6.07, 6.45) is -0.599. The number of fused-ring (bicyclic) bond motifs is 3. The average Bonchev–Trinajstić information content (AvgIpc) is 3.07. The number of alkyl carbamates (subject to hydrolysis) is 1. The van der Waals surface area contributed by atoms with Crippen LogP contribution in [0.1, 0.15) is 30.9 Å². The number of carbonyl (C=O) groups is 3. The van der Waals surface area contributed by atoms with Crippen LogP contribution in [0, 0.1) is 5.92 Å². The van der Waals surface area contributed by atoms with Crippen LogP contribution < -0.4 is 5.32 Å². The first-order chi connectivity index (χ1) is 14.4. The highest BCUT2D eigenvalue weighted by atomic mass is 16.5. The quantitative estimate of drug-likeness (QED) is 0.697. The van der Waals surface area contributed by atoms with Crippen molar-refractivity contribution in [3.63, 3.8) is 0 Å². The van der Waals surface area contributed by atoms with E-state index < -0.39 is 18.0 Å². The van der Waals surface area contributed by atoms with Gasteiger partial charge in [-0.1, -0.05) is 55.5 Å². The number of nitrogens with one attached hydrogen (secondary N) is 1. The van der Waals surface area contributed by atoms with Crippen LogP contribution in [-0.4, -0.2) is 54.2 Å². The molecule has 30 heavy (non-hydrogen) atoms. The van der Waals surface area contributed by atoms with E-state index in [1.165, 1.54) is 4.90 Å². The average molecular weight is 410 g/mol. The Morgan fingerprint density at radius 2 is 1.63 bits per heavy atom. The fourth-order valence-corrected chi connectivity index (χ4v) is 3.79. The predicted molar refractivity (Wildman–Crippen MR) is 112 cm³/mol. The van der Waals surface area contributed by atoms with Gasteiger partial charge in [-0.05, 0) is 29.2 Å². The molecular weight excluding hydrogens is 384 g/mol. The fourth-order valence-electron chi connectivity index (χ4n) is 3.79. The van der Waals surface area contributed by atoms with Gasteiger partial charge in [-0.15, -0.1) is 0 Å². The van der Waals surface area contributed by atoms with E-state index in [-0.39, 0.29) is 31.5 Å². The number of ether oxygens (including phenoxy) is 1. The van der Waals surface area contributed by atoms with Gasteiger partial charge in [0, 0.05) is 19.0 Å². The lowest BCUT2D eigenvalue weighted by atomic mass is 9.98. The van der Waals surface area contributed by atoms with Crippen molar-refractivity contribution in [3.8, 4) is 11.1 Å². The lowest BCUT2D eigenvalue weighted by Gasteiger charge is -2.23. The molecule has 2 aromatic carbocycles. The molecule has 2 N–H and O–H groups in total.